The maximum Gasteiger partial charge on any atom is 0.232 e. The van der Waals surface area contributed by atoms with E-state index in [2.05, 4.69) is 51.1 Å². The number of hydrogen-bond acceptors (Lipinski definition) is 7. The molecule has 0 unspecified atom stereocenters. The van der Waals surface area contributed by atoms with Crippen molar-refractivity contribution in [1.82, 2.24) is 20.0 Å². The summed E-state index contributed by atoms with van der Waals surface area (Å²) < 4.78 is 5.36. The lowest BCUT2D eigenvalue weighted by atomic mass is 9.97. The molecule has 120 valence electrons. The third-order valence-electron chi connectivity index (χ3n) is 3.72. The summed E-state index contributed by atoms with van der Waals surface area (Å²) in [5.74, 6) is 1.49. The van der Waals surface area contributed by atoms with Crippen LogP contribution in [0.3, 0.4) is 0 Å². The highest BCUT2D eigenvalue weighted by molar-refractivity contribution is 7.13. The Morgan fingerprint density at radius 2 is 1.91 bits per heavy atom. The van der Waals surface area contributed by atoms with E-state index in [-0.39, 0.29) is 5.41 Å². The van der Waals surface area contributed by atoms with Crippen LogP contribution >= 0.6 is 11.3 Å². The molecule has 2 aromatic heterocycles. The van der Waals surface area contributed by atoms with Gasteiger partial charge in [-0.3, -0.25) is 4.90 Å². The number of aryl methyl sites for hydroxylation is 1. The van der Waals surface area contributed by atoms with Gasteiger partial charge in [-0.2, -0.15) is 4.98 Å². The summed E-state index contributed by atoms with van der Waals surface area (Å²) in [5.41, 5.74) is 1.01. The summed E-state index contributed by atoms with van der Waals surface area (Å²) >= 11 is 1.72. The first-order chi connectivity index (χ1) is 10.4. The van der Waals surface area contributed by atoms with Crippen LogP contribution in [0.15, 0.2) is 9.90 Å². The van der Waals surface area contributed by atoms with Crippen molar-refractivity contribution in [3.8, 4) is 0 Å². The fraction of sp³-hybridized carbons (Fsp3) is 0.667. The maximum atomic E-state index is 5.36. The van der Waals surface area contributed by atoms with Crippen LogP contribution in [0.1, 0.15) is 38.2 Å². The van der Waals surface area contributed by atoms with Crippen LogP contribution in [0.25, 0.3) is 0 Å². The third-order valence-corrected chi connectivity index (χ3v) is 4.74. The fourth-order valence-corrected chi connectivity index (χ4v) is 3.26. The highest BCUT2D eigenvalue weighted by Gasteiger charge is 2.24. The minimum atomic E-state index is -0.0906. The lowest BCUT2D eigenvalue weighted by molar-refractivity contribution is 0.239. The molecule has 6 nitrogen and oxygen atoms in total. The molecule has 1 aliphatic heterocycles. The molecule has 0 spiro atoms. The monoisotopic (exact) mass is 321 g/mol. The molecule has 0 N–H and O–H groups in total. The summed E-state index contributed by atoms with van der Waals surface area (Å²) in [6.07, 6.45) is 0. The second-order valence-corrected chi connectivity index (χ2v) is 7.64. The zero-order valence-electron chi connectivity index (χ0n) is 13.7. The lowest BCUT2D eigenvalue weighted by Gasteiger charge is -2.33. The Hall–Kier alpha value is -1.47. The first-order valence-electron chi connectivity index (χ1n) is 7.64. The maximum absolute atomic E-state index is 5.36. The minimum absolute atomic E-state index is 0.0906. The molecule has 0 aliphatic carbocycles. The first kappa shape index (κ1) is 15.4. The van der Waals surface area contributed by atoms with E-state index in [1.54, 1.807) is 11.3 Å². The average molecular weight is 321 g/mol. The highest BCUT2D eigenvalue weighted by Crippen LogP contribution is 2.22. The standard InChI is InChI=1S/C15H23N5OS/c1-11-10-22-14(16-11)20-7-5-19(6-8-20)9-12-17-13(21-18-12)15(2,3)4/h10H,5-9H2,1-4H3. The number of thiazole rings is 1. The summed E-state index contributed by atoms with van der Waals surface area (Å²) in [6, 6.07) is 0. The van der Waals surface area contributed by atoms with Crippen molar-refractivity contribution in [2.24, 2.45) is 0 Å². The molecular formula is C15H23N5OS. The number of aromatic nitrogens is 3. The van der Waals surface area contributed by atoms with Gasteiger partial charge in [0.25, 0.3) is 0 Å². The normalized spacial score (nSPS) is 17.2. The van der Waals surface area contributed by atoms with E-state index in [9.17, 15) is 0 Å². The number of hydrogen-bond donors (Lipinski definition) is 0. The summed E-state index contributed by atoms with van der Waals surface area (Å²) in [7, 11) is 0. The molecule has 22 heavy (non-hydrogen) atoms. The molecular weight excluding hydrogens is 298 g/mol. The van der Waals surface area contributed by atoms with Crippen molar-refractivity contribution in [2.75, 3.05) is 31.1 Å². The Balaban J connectivity index is 1.55. The molecule has 0 amide bonds. The fourth-order valence-electron chi connectivity index (χ4n) is 2.41. The van der Waals surface area contributed by atoms with Crippen molar-refractivity contribution in [2.45, 2.75) is 39.7 Å². The molecule has 0 radical (unpaired) electrons. The molecule has 1 aliphatic rings. The Bertz CT molecular complexity index is 622. The second kappa shape index (κ2) is 5.96. The van der Waals surface area contributed by atoms with Gasteiger partial charge in [-0.05, 0) is 6.92 Å². The van der Waals surface area contributed by atoms with Crippen molar-refractivity contribution in [3.63, 3.8) is 0 Å². The zero-order valence-corrected chi connectivity index (χ0v) is 14.5. The third kappa shape index (κ3) is 3.47. The van der Waals surface area contributed by atoms with Crippen LogP contribution in [-0.2, 0) is 12.0 Å². The average Bonchev–Trinajstić information content (AvgIpc) is 3.08. The van der Waals surface area contributed by atoms with Gasteiger partial charge in [0.15, 0.2) is 11.0 Å². The molecule has 3 rings (SSSR count). The number of rotatable bonds is 3. The molecule has 0 atom stereocenters. The van der Waals surface area contributed by atoms with E-state index in [0.29, 0.717) is 5.89 Å². The molecule has 1 saturated heterocycles. The molecule has 3 heterocycles. The van der Waals surface area contributed by atoms with Gasteiger partial charge < -0.3 is 9.42 Å². The zero-order chi connectivity index (χ0) is 15.7. The Morgan fingerprint density at radius 1 is 1.18 bits per heavy atom. The minimum Gasteiger partial charge on any atom is -0.346 e. The first-order valence-corrected chi connectivity index (χ1v) is 8.52. The van der Waals surface area contributed by atoms with E-state index < -0.39 is 0 Å². The van der Waals surface area contributed by atoms with Crippen molar-refractivity contribution in [3.05, 3.63) is 22.8 Å². The van der Waals surface area contributed by atoms with Gasteiger partial charge in [-0.25, -0.2) is 4.98 Å². The van der Waals surface area contributed by atoms with E-state index >= 15 is 0 Å². The van der Waals surface area contributed by atoms with Gasteiger partial charge in [0.05, 0.1) is 12.2 Å². The van der Waals surface area contributed by atoms with Crippen LogP contribution in [0.5, 0.6) is 0 Å². The molecule has 7 heteroatoms. The molecule has 0 bridgehead atoms. The molecule has 0 aromatic carbocycles. The number of piperazine rings is 1. The van der Waals surface area contributed by atoms with Gasteiger partial charge in [-0.1, -0.05) is 25.9 Å². The SMILES string of the molecule is Cc1csc(N2CCN(Cc3noc(C(C)(C)C)n3)CC2)n1. The summed E-state index contributed by atoms with van der Waals surface area (Å²) in [4.78, 5) is 13.8. The topological polar surface area (TPSA) is 58.3 Å². The molecule has 0 saturated carbocycles. The molecule has 2 aromatic rings. The molecule has 1 fully saturated rings. The van der Waals surface area contributed by atoms with Gasteiger partial charge in [0.2, 0.25) is 5.89 Å². The Kier molecular flexibility index (Phi) is 4.18. The predicted octanol–water partition coefficient (Wildman–Crippen LogP) is 2.45. The Labute approximate surface area is 135 Å². The van der Waals surface area contributed by atoms with Crippen molar-refractivity contribution in [1.29, 1.82) is 0 Å². The van der Waals surface area contributed by atoms with Gasteiger partial charge in [0, 0.05) is 37.0 Å². The quantitative estimate of drug-likeness (QED) is 0.865. The van der Waals surface area contributed by atoms with Crippen molar-refractivity contribution < 1.29 is 4.52 Å². The number of nitrogens with zero attached hydrogens (tertiary/aromatic N) is 5. The highest BCUT2D eigenvalue weighted by atomic mass is 32.1. The van der Waals surface area contributed by atoms with E-state index in [1.165, 1.54) is 0 Å². The van der Waals surface area contributed by atoms with Gasteiger partial charge in [0.1, 0.15) is 0 Å². The van der Waals surface area contributed by atoms with Crippen LogP contribution in [0.2, 0.25) is 0 Å². The van der Waals surface area contributed by atoms with E-state index in [1.807, 2.05) is 6.92 Å². The predicted molar refractivity (Wildman–Crippen MR) is 87.3 cm³/mol. The summed E-state index contributed by atoms with van der Waals surface area (Å²) in [5, 5.41) is 7.34. The van der Waals surface area contributed by atoms with Crippen LogP contribution in [-0.4, -0.2) is 46.2 Å². The van der Waals surface area contributed by atoms with E-state index in [0.717, 1.165) is 49.4 Å². The van der Waals surface area contributed by atoms with Crippen LogP contribution in [0, 0.1) is 6.92 Å². The van der Waals surface area contributed by atoms with Crippen molar-refractivity contribution >= 4 is 16.5 Å². The van der Waals surface area contributed by atoms with Gasteiger partial charge >= 0.3 is 0 Å². The lowest BCUT2D eigenvalue weighted by Crippen LogP contribution is -2.46. The smallest absolute Gasteiger partial charge is 0.232 e. The number of anilines is 1. The van der Waals surface area contributed by atoms with Crippen LogP contribution in [0.4, 0.5) is 5.13 Å². The Morgan fingerprint density at radius 3 is 2.45 bits per heavy atom. The van der Waals surface area contributed by atoms with Crippen LogP contribution < -0.4 is 4.90 Å². The second-order valence-electron chi connectivity index (χ2n) is 6.80. The summed E-state index contributed by atoms with van der Waals surface area (Å²) in [6.45, 7) is 13.0. The largest absolute Gasteiger partial charge is 0.346 e. The van der Waals surface area contributed by atoms with Gasteiger partial charge in [-0.15, -0.1) is 11.3 Å². The van der Waals surface area contributed by atoms with E-state index in [4.69, 9.17) is 4.52 Å².